The van der Waals surface area contributed by atoms with Crippen LogP contribution in [0.2, 0.25) is 0 Å². The number of anilines is 2. The van der Waals surface area contributed by atoms with Crippen LogP contribution in [-0.2, 0) is 4.79 Å². The number of hydrogen-bond acceptors (Lipinski definition) is 5. The topological polar surface area (TPSA) is 84.0 Å². The van der Waals surface area contributed by atoms with Gasteiger partial charge in [-0.15, -0.1) is 0 Å². The molecule has 2 aromatic heterocycles. The first-order valence-corrected chi connectivity index (χ1v) is 7.33. The number of carbonyl (C=O) groups is 2. The Morgan fingerprint density at radius 1 is 1.09 bits per heavy atom. The second-order valence-electron chi connectivity index (χ2n) is 4.57. The Bertz CT molecular complexity index is 845. The van der Waals surface area contributed by atoms with Crippen LogP contribution in [0.5, 0.6) is 0 Å². The Morgan fingerprint density at radius 2 is 1.86 bits per heavy atom. The smallest absolute Gasteiger partial charge is 0.255 e. The molecule has 22 heavy (non-hydrogen) atoms. The van der Waals surface area contributed by atoms with Crippen molar-refractivity contribution in [2.24, 2.45) is 0 Å². The lowest BCUT2D eigenvalue weighted by Crippen LogP contribution is -2.11. The largest absolute Gasteiger partial charge is 0.322 e. The summed E-state index contributed by atoms with van der Waals surface area (Å²) in [6, 6.07) is 8.71. The molecule has 0 unspecified atom stereocenters. The van der Waals surface area contributed by atoms with Gasteiger partial charge < -0.3 is 10.6 Å². The SMILES string of the molecule is CC(=O)Nc1nc2ccc(NC(=O)c3ccncc3)cc2s1. The van der Waals surface area contributed by atoms with Gasteiger partial charge in [0.15, 0.2) is 5.13 Å². The van der Waals surface area contributed by atoms with E-state index in [1.807, 2.05) is 6.07 Å². The molecule has 0 saturated heterocycles. The van der Waals surface area contributed by atoms with E-state index in [1.54, 1.807) is 36.7 Å². The number of nitrogens with one attached hydrogen (secondary N) is 2. The summed E-state index contributed by atoms with van der Waals surface area (Å²) in [5.74, 6) is -0.362. The third-order valence-corrected chi connectivity index (χ3v) is 3.81. The van der Waals surface area contributed by atoms with Crippen molar-refractivity contribution in [3.63, 3.8) is 0 Å². The summed E-state index contributed by atoms with van der Waals surface area (Å²) in [6.45, 7) is 1.44. The lowest BCUT2D eigenvalue weighted by molar-refractivity contribution is -0.114. The highest BCUT2D eigenvalue weighted by Crippen LogP contribution is 2.28. The summed E-state index contributed by atoms with van der Waals surface area (Å²) in [4.78, 5) is 31.3. The first kappa shape index (κ1) is 14.2. The number of thiazole rings is 1. The summed E-state index contributed by atoms with van der Waals surface area (Å²) in [5.41, 5.74) is 1.99. The molecule has 2 amide bonds. The number of carbonyl (C=O) groups excluding carboxylic acids is 2. The number of rotatable bonds is 3. The van der Waals surface area contributed by atoms with E-state index in [0.29, 0.717) is 16.4 Å². The van der Waals surface area contributed by atoms with E-state index in [0.717, 1.165) is 10.2 Å². The van der Waals surface area contributed by atoms with Gasteiger partial charge in [0, 0.05) is 30.6 Å². The van der Waals surface area contributed by atoms with Gasteiger partial charge >= 0.3 is 0 Å². The average molecular weight is 312 g/mol. The van der Waals surface area contributed by atoms with Gasteiger partial charge in [0.2, 0.25) is 5.91 Å². The van der Waals surface area contributed by atoms with Crippen LogP contribution in [0.3, 0.4) is 0 Å². The molecule has 0 radical (unpaired) electrons. The second kappa shape index (κ2) is 5.90. The standard InChI is InChI=1S/C15H12N4O2S/c1-9(20)17-15-19-12-3-2-11(8-13(12)22-15)18-14(21)10-4-6-16-7-5-10/h2-8H,1H3,(H,18,21)(H,17,19,20). The molecule has 6 nitrogen and oxygen atoms in total. The number of pyridine rings is 1. The molecule has 0 aliphatic rings. The molecular formula is C15H12N4O2S. The van der Waals surface area contributed by atoms with E-state index in [4.69, 9.17) is 0 Å². The maximum Gasteiger partial charge on any atom is 0.255 e. The van der Waals surface area contributed by atoms with Crippen LogP contribution < -0.4 is 10.6 Å². The summed E-state index contributed by atoms with van der Waals surface area (Å²) in [5, 5.41) is 6.02. The molecule has 1 aromatic carbocycles. The third kappa shape index (κ3) is 3.09. The van der Waals surface area contributed by atoms with Crippen molar-refractivity contribution in [2.75, 3.05) is 10.6 Å². The Hall–Kier alpha value is -2.80. The van der Waals surface area contributed by atoms with E-state index in [2.05, 4.69) is 20.6 Å². The molecule has 2 N–H and O–H groups in total. The maximum atomic E-state index is 12.1. The van der Waals surface area contributed by atoms with Gasteiger partial charge in [-0.2, -0.15) is 0 Å². The second-order valence-corrected chi connectivity index (χ2v) is 5.60. The fourth-order valence-electron chi connectivity index (χ4n) is 1.91. The van der Waals surface area contributed by atoms with Gasteiger partial charge in [-0.3, -0.25) is 14.6 Å². The summed E-state index contributed by atoms with van der Waals surface area (Å²) in [6.07, 6.45) is 3.14. The highest BCUT2D eigenvalue weighted by molar-refractivity contribution is 7.22. The molecular weight excluding hydrogens is 300 g/mol. The molecule has 0 aliphatic heterocycles. The van der Waals surface area contributed by atoms with E-state index in [-0.39, 0.29) is 11.8 Å². The zero-order valence-corrected chi connectivity index (χ0v) is 12.5. The van der Waals surface area contributed by atoms with Crippen molar-refractivity contribution in [2.45, 2.75) is 6.92 Å². The van der Waals surface area contributed by atoms with Crippen LogP contribution in [0.25, 0.3) is 10.2 Å². The van der Waals surface area contributed by atoms with Gasteiger partial charge in [-0.05, 0) is 30.3 Å². The van der Waals surface area contributed by atoms with Crippen molar-refractivity contribution < 1.29 is 9.59 Å². The van der Waals surface area contributed by atoms with E-state index >= 15 is 0 Å². The minimum Gasteiger partial charge on any atom is -0.322 e. The fourth-order valence-corrected chi connectivity index (χ4v) is 2.86. The van der Waals surface area contributed by atoms with Crippen LogP contribution >= 0.6 is 11.3 Å². The predicted octanol–water partition coefficient (Wildman–Crippen LogP) is 2.90. The zero-order valence-electron chi connectivity index (χ0n) is 11.7. The van der Waals surface area contributed by atoms with Gasteiger partial charge in [0.05, 0.1) is 10.2 Å². The summed E-state index contributed by atoms with van der Waals surface area (Å²) < 4.78 is 0.885. The van der Waals surface area contributed by atoms with Crippen LogP contribution in [0.15, 0.2) is 42.7 Å². The van der Waals surface area contributed by atoms with Gasteiger partial charge in [-0.25, -0.2) is 4.98 Å². The minimum absolute atomic E-state index is 0.162. The Kier molecular flexibility index (Phi) is 3.80. The zero-order chi connectivity index (χ0) is 15.5. The van der Waals surface area contributed by atoms with Crippen LogP contribution in [-0.4, -0.2) is 21.8 Å². The molecule has 0 spiro atoms. The quantitative estimate of drug-likeness (QED) is 0.779. The highest BCUT2D eigenvalue weighted by atomic mass is 32.1. The summed E-state index contributed by atoms with van der Waals surface area (Å²) >= 11 is 1.36. The first-order chi connectivity index (χ1) is 10.6. The maximum absolute atomic E-state index is 12.1. The molecule has 0 fully saturated rings. The number of hydrogen-bond donors (Lipinski definition) is 2. The Morgan fingerprint density at radius 3 is 2.59 bits per heavy atom. The lowest BCUT2D eigenvalue weighted by atomic mass is 10.2. The van der Waals surface area contributed by atoms with Gasteiger partial charge in [0.1, 0.15) is 0 Å². The van der Waals surface area contributed by atoms with Crippen LogP contribution in [0, 0.1) is 0 Å². The number of amides is 2. The van der Waals surface area contributed by atoms with E-state index in [1.165, 1.54) is 18.3 Å². The van der Waals surface area contributed by atoms with Gasteiger partial charge in [-0.1, -0.05) is 11.3 Å². The Labute approximate surface area is 130 Å². The molecule has 3 rings (SSSR count). The van der Waals surface area contributed by atoms with Crippen molar-refractivity contribution in [3.8, 4) is 0 Å². The molecule has 0 atom stereocenters. The first-order valence-electron chi connectivity index (χ1n) is 6.51. The molecule has 3 aromatic rings. The van der Waals surface area contributed by atoms with E-state index < -0.39 is 0 Å². The number of aromatic nitrogens is 2. The predicted molar refractivity (Wildman–Crippen MR) is 86.1 cm³/mol. The number of fused-ring (bicyclic) bond motifs is 1. The molecule has 110 valence electrons. The summed E-state index contributed by atoms with van der Waals surface area (Å²) in [7, 11) is 0. The number of nitrogens with zero attached hydrogens (tertiary/aromatic N) is 2. The molecule has 0 bridgehead atoms. The highest BCUT2D eigenvalue weighted by Gasteiger charge is 2.09. The molecule has 0 aliphatic carbocycles. The average Bonchev–Trinajstić information content (AvgIpc) is 2.88. The van der Waals surface area contributed by atoms with Crippen molar-refractivity contribution in [3.05, 3.63) is 48.3 Å². The molecule has 7 heteroatoms. The van der Waals surface area contributed by atoms with Crippen molar-refractivity contribution >= 4 is 44.2 Å². The normalized spacial score (nSPS) is 10.4. The molecule has 0 saturated carbocycles. The lowest BCUT2D eigenvalue weighted by Gasteiger charge is -2.04. The van der Waals surface area contributed by atoms with Crippen molar-refractivity contribution in [1.82, 2.24) is 9.97 Å². The minimum atomic E-state index is -0.201. The van der Waals surface area contributed by atoms with Crippen LogP contribution in [0.4, 0.5) is 10.8 Å². The van der Waals surface area contributed by atoms with E-state index in [9.17, 15) is 9.59 Å². The monoisotopic (exact) mass is 312 g/mol. The van der Waals surface area contributed by atoms with Crippen LogP contribution in [0.1, 0.15) is 17.3 Å². The molecule has 2 heterocycles. The van der Waals surface area contributed by atoms with Crippen molar-refractivity contribution in [1.29, 1.82) is 0 Å². The fraction of sp³-hybridized carbons (Fsp3) is 0.0667. The third-order valence-electron chi connectivity index (χ3n) is 2.87. The number of benzene rings is 1. The Balaban J connectivity index is 1.82. The van der Waals surface area contributed by atoms with Gasteiger partial charge in [0.25, 0.3) is 5.91 Å².